The largest absolute Gasteiger partial charge is 0.508 e. The molecule has 0 bridgehead atoms. The molecule has 2 rings (SSSR count). The highest BCUT2D eigenvalue weighted by Crippen LogP contribution is 2.24. The van der Waals surface area contributed by atoms with E-state index in [0.29, 0.717) is 5.69 Å². The van der Waals surface area contributed by atoms with Crippen molar-refractivity contribution in [1.82, 2.24) is 0 Å². The standard InChI is InChI=1S/C14H12BrNO3/c1-8-6-9(2-4-12(8)15)16-14(19)11-7-10(17)3-5-13(11)18/h2-7,17-18H,1H3,(H,16,19). The number of carbonyl (C=O) groups excluding carboxylic acids is 1. The zero-order chi connectivity index (χ0) is 14.0. The highest BCUT2D eigenvalue weighted by molar-refractivity contribution is 9.10. The molecule has 3 N–H and O–H groups in total. The molecule has 0 aliphatic carbocycles. The van der Waals surface area contributed by atoms with Gasteiger partial charge in [0.1, 0.15) is 11.5 Å². The summed E-state index contributed by atoms with van der Waals surface area (Å²) in [6, 6.07) is 9.19. The van der Waals surface area contributed by atoms with Crippen molar-refractivity contribution in [2.75, 3.05) is 5.32 Å². The lowest BCUT2D eigenvalue weighted by Crippen LogP contribution is -2.12. The Morgan fingerprint density at radius 1 is 1.16 bits per heavy atom. The fourth-order valence-corrected chi connectivity index (χ4v) is 1.87. The van der Waals surface area contributed by atoms with Gasteiger partial charge < -0.3 is 15.5 Å². The normalized spacial score (nSPS) is 10.2. The topological polar surface area (TPSA) is 69.6 Å². The molecule has 0 aliphatic rings. The minimum absolute atomic E-state index is 0.0283. The summed E-state index contributed by atoms with van der Waals surface area (Å²) in [6.45, 7) is 1.91. The lowest BCUT2D eigenvalue weighted by molar-refractivity contribution is 0.102. The summed E-state index contributed by atoms with van der Waals surface area (Å²) in [5.41, 5.74) is 1.63. The average Bonchev–Trinajstić information content (AvgIpc) is 2.36. The maximum atomic E-state index is 12.0. The second-order valence-corrected chi connectivity index (χ2v) is 4.97. The second-order valence-electron chi connectivity index (χ2n) is 4.12. The minimum Gasteiger partial charge on any atom is -0.508 e. The minimum atomic E-state index is -0.477. The van der Waals surface area contributed by atoms with Gasteiger partial charge >= 0.3 is 0 Å². The van der Waals surface area contributed by atoms with Gasteiger partial charge in [-0.1, -0.05) is 15.9 Å². The highest BCUT2D eigenvalue weighted by Gasteiger charge is 2.12. The number of nitrogens with one attached hydrogen (secondary N) is 1. The number of hydrogen-bond donors (Lipinski definition) is 3. The van der Waals surface area contributed by atoms with E-state index in [-0.39, 0.29) is 17.1 Å². The number of phenols is 2. The molecule has 0 aromatic heterocycles. The van der Waals surface area contributed by atoms with E-state index in [1.165, 1.54) is 18.2 Å². The van der Waals surface area contributed by atoms with E-state index in [9.17, 15) is 15.0 Å². The van der Waals surface area contributed by atoms with Gasteiger partial charge in [0.15, 0.2) is 0 Å². The molecule has 5 heteroatoms. The Hall–Kier alpha value is -2.01. The molecule has 19 heavy (non-hydrogen) atoms. The third kappa shape index (κ3) is 3.06. The van der Waals surface area contributed by atoms with Crippen LogP contribution in [0.3, 0.4) is 0 Å². The molecule has 0 spiro atoms. The molecule has 0 aliphatic heterocycles. The van der Waals surface area contributed by atoms with E-state index < -0.39 is 5.91 Å². The van der Waals surface area contributed by atoms with Crippen LogP contribution in [0.1, 0.15) is 15.9 Å². The molecule has 4 nitrogen and oxygen atoms in total. The van der Waals surface area contributed by atoms with Gasteiger partial charge in [0.05, 0.1) is 5.56 Å². The number of benzene rings is 2. The number of phenolic OH excluding ortho intramolecular Hbond substituents is 2. The van der Waals surface area contributed by atoms with Gasteiger partial charge in [0, 0.05) is 10.2 Å². The molecule has 0 unspecified atom stereocenters. The number of aryl methyl sites for hydroxylation is 1. The van der Waals surface area contributed by atoms with Crippen molar-refractivity contribution in [3.8, 4) is 11.5 Å². The van der Waals surface area contributed by atoms with E-state index in [1.54, 1.807) is 6.07 Å². The first-order chi connectivity index (χ1) is 8.97. The number of hydrogen-bond acceptors (Lipinski definition) is 3. The van der Waals surface area contributed by atoms with Crippen molar-refractivity contribution in [1.29, 1.82) is 0 Å². The van der Waals surface area contributed by atoms with E-state index in [2.05, 4.69) is 21.2 Å². The lowest BCUT2D eigenvalue weighted by atomic mass is 10.1. The summed E-state index contributed by atoms with van der Waals surface area (Å²) >= 11 is 3.38. The summed E-state index contributed by atoms with van der Waals surface area (Å²) in [6.07, 6.45) is 0. The van der Waals surface area contributed by atoms with Crippen molar-refractivity contribution in [2.24, 2.45) is 0 Å². The third-order valence-electron chi connectivity index (χ3n) is 2.64. The van der Waals surface area contributed by atoms with Gasteiger partial charge in [0.25, 0.3) is 5.91 Å². The van der Waals surface area contributed by atoms with Crippen LogP contribution >= 0.6 is 15.9 Å². The van der Waals surface area contributed by atoms with Crippen molar-refractivity contribution < 1.29 is 15.0 Å². The van der Waals surface area contributed by atoms with E-state index in [0.717, 1.165) is 10.0 Å². The lowest BCUT2D eigenvalue weighted by Gasteiger charge is -2.08. The molecule has 0 atom stereocenters. The highest BCUT2D eigenvalue weighted by atomic mass is 79.9. The van der Waals surface area contributed by atoms with Gasteiger partial charge in [-0.25, -0.2) is 0 Å². The van der Waals surface area contributed by atoms with E-state index in [1.807, 2.05) is 19.1 Å². The SMILES string of the molecule is Cc1cc(NC(=O)c2cc(O)ccc2O)ccc1Br. The predicted molar refractivity (Wildman–Crippen MR) is 76.6 cm³/mol. The Labute approximate surface area is 118 Å². The zero-order valence-corrected chi connectivity index (χ0v) is 11.7. The van der Waals surface area contributed by atoms with Crippen LogP contribution in [-0.4, -0.2) is 16.1 Å². The molecular weight excluding hydrogens is 310 g/mol. The van der Waals surface area contributed by atoms with Crippen LogP contribution in [0.4, 0.5) is 5.69 Å². The smallest absolute Gasteiger partial charge is 0.259 e. The Bertz CT molecular complexity index is 641. The van der Waals surface area contributed by atoms with Crippen LogP contribution in [0.5, 0.6) is 11.5 Å². The molecule has 1 amide bonds. The van der Waals surface area contributed by atoms with Crippen LogP contribution in [0.15, 0.2) is 40.9 Å². The van der Waals surface area contributed by atoms with Gasteiger partial charge in [-0.05, 0) is 48.9 Å². The quantitative estimate of drug-likeness (QED) is 0.742. The summed E-state index contributed by atoms with van der Waals surface area (Å²) in [7, 11) is 0. The molecule has 0 fully saturated rings. The van der Waals surface area contributed by atoms with Gasteiger partial charge in [-0.2, -0.15) is 0 Å². The zero-order valence-electron chi connectivity index (χ0n) is 10.1. The van der Waals surface area contributed by atoms with Crippen LogP contribution in [0, 0.1) is 6.92 Å². The first-order valence-electron chi connectivity index (χ1n) is 5.57. The summed E-state index contributed by atoms with van der Waals surface area (Å²) < 4.78 is 0.950. The van der Waals surface area contributed by atoms with Crippen molar-refractivity contribution in [3.05, 3.63) is 52.0 Å². The Kier molecular flexibility index (Phi) is 3.76. The summed E-state index contributed by atoms with van der Waals surface area (Å²) in [4.78, 5) is 12.0. The van der Waals surface area contributed by atoms with Crippen molar-refractivity contribution in [3.63, 3.8) is 0 Å². The van der Waals surface area contributed by atoms with Crippen LogP contribution in [0.25, 0.3) is 0 Å². The number of amides is 1. The first kappa shape index (κ1) is 13.4. The van der Waals surface area contributed by atoms with Crippen LogP contribution < -0.4 is 5.32 Å². The van der Waals surface area contributed by atoms with E-state index >= 15 is 0 Å². The van der Waals surface area contributed by atoms with Crippen molar-refractivity contribution in [2.45, 2.75) is 6.92 Å². The summed E-state index contributed by atoms with van der Waals surface area (Å²) in [5, 5.41) is 21.6. The van der Waals surface area contributed by atoms with Gasteiger partial charge in [-0.15, -0.1) is 0 Å². The molecule has 2 aromatic rings. The number of halogens is 1. The molecule has 0 saturated carbocycles. The fraction of sp³-hybridized carbons (Fsp3) is 0.0714. The number of anilines is 1. The Morgan fingerprint density at radius 2 is 1.89 bits per heavy atom. The van der Waals surface area contributed by atoms with Crippen LogP contribution in [-0.2, 0) is 0 Å². The monoisotopic (exact) mass is 321 g/mol. The van der Waals surface area contributed by atoms with Crippen LogP contribution in [0.2, 0.25) is 0 Å². The Morgan fingerprint density at radius 3 is 2.58 bits per heavy atom. The Balaban J connectivity index is 2.25. The van der Waals surface area contributed by atoms with Gasteiger partial charge in [0.2, 0.25) is 0 Å². The molecular formula is C14H12BrNO3. The third-order valence-corrected chi connectivity index (χ3v) is 3.53. The maximum Gasteiger partial charge on any atom is 0.259 e. The molecule has 0 radical (unpaired) electrons. The molecule has 98 valence electrons. The second kappa shape index (κ2) is 5.32. The van der Waals surface area contributed by atoms with Gasteiger partial charge in [-0.3, -0.25) is 4.79 Å². The fourth-order valence-electron chi connectivity index (χ4n) is 1.63. The number of aromatic hydroxyl groups is 2. The first-order valence-corrected chi connectivity index (χ1v) is 6.36. The van der Waals surface area contributed by atoms with Crippen molar-refractivity contribution >= 4 is 27.5 Å². The van der Waals surface area contributed by atoms with E-state index in [4.69, 9.17) is 0 Å². The molecule has 0 heterocycles. The number of carbonyl (C=O) groups is 1. The average molecular weight is 322 g/mol. The molecule has 2 aromatic carbocycles. The molecule has 0 saturated heterocycles. The summed E-state index contributed by atoms with van der Waals surface area (Å²) in [5.74, 6) is -0.728. The number of rotatable bonds is 2. The maximum absolute atomic E-state index is 12.0. The predicted octanol–water partition coefficient (Wildman–Crippen LogP) is 3.42.